The first-order valence-corrected chi connectivity index (χ1v) is 6.64. The van der Waals surface area contributed by atoms with Crippen molar-refractivity contribution in [1.82, 2.24) is 20.1 Å². The predicted octanol–water partition coefficient (Wildman–Crippen LogP) is 2.60. The molecule has 0 fully saturated rings. The van der Waals surface area contributed by atoms with Gasteiger partial charge in [-0.2, -0.15) is 0 Å². The third-order valence-corrected chi connectivity index (χ3v) is 3.35. The fourth-order valence-electron chi connectivity index (χ4n) is 1.79. The molecule has 1 aromatic carbocycles. The molecule has 0 spiro atoms. The number of rotatable bonds is 4. The Labute approximate surface area is 116 Å². The maximum absolute atomic E-state index is 4.31. The second kappa shape index (κ2) is 5.20. The van der Waals surface area contributed by atoms with Crippen LogP contribution in [0.2, 0.25) is 0 Å². The van der Waals surface area contributed by atoms with Crippen LogP contribution in [0, 0.1) is 0 Å². The Morgan fingerprint density at radius 1 is 1.28 bits per heavy atom. The Morgan fingerprint density at radius 3 is 2.50 bits per heavy atom. The molecule has 0 radical (unpaired) electrons. The second-order valence-electron chi connectivity index (χ2n) is 4.77. The van der Waals surface area contributed by atoms with E-state index < -0.39 is 0 Å². The number of aryl methyl sites for hydroxylation is 1. The summed E-state index contributed by atoms with van der Waals surface area (Å²) in [6.45, 7) is 5.00. The van der Waals surface area contributed by atoms with E-state index in [0.717, 1.165) is 5.82 Å². The molecule has 4 nitrogen and oxygen atoms in total. The molecule has 0 unspecified atom stereocenters. The van der Waals surface area contributed by atoms with E-state index >= 15 is 0 Å². The van der Waals surface area contributed by atoms with Gasteiger partial charge in [-0.1, -0.05) is 30.3 Å². The van der Waals surface area contributed by atoms with Gasteiger partial charge in [0, 0.05) is 12.6 Å². The standard InChI is InChI=1S/C13H17BrN4/c1-13(2,10-7-5-4-6-8-10)15-9-11-16-12(14)17-18(11)3/h4-8,15H,9H2,1-3H3. The number of aromatic nitrogens is 3. The quantitative estimate of drug-likeness (QED) is 0.944. The predicted molar refractivity (Wildman–Crippen MR) is 75.0 cm³/mol. The summed E-state index contributed by atoms with van der Waals surface area (Å²) in [6.07, 6.45) is 0. The zero-order valence-electron chi connectivity index (χ0n) is 10.8. The van der Waals surface area contributed by atoms with E-state index in [1.165, 1.54) is 5.56 Å². The van der Waals surface area contributed by atoms with Gasteiger partial charge in [0.2, 0.25) is 4.73 Å². The monoisotopic (exact) mass is 308 g/mol. The Morgan fingerprint density at radius 2 is 1.94 bits per heavy atom. The lowest BCUT2D eigenvalue weighted by atomic mass is 9.94. The normalized spacial score (nSPS) is 11.8. The van der Waals surface area contributed by atoms with Crippen molar-refractivity contribution < 1.29 is 0 Å². The van der Waals surface area contributed by atoms with Gasteiger partial charge >= 0.3 is 0 Å². The van der Waals surface area contributed by atoms with Crippen molar-refractivity contribution in [2.45, 2.75) is 25.9 Å². The molecule has 0 amide bonds. The van der Waals surface area contributed by atoms with Crippen LogP contribution < -0.4 is 5.32 Å². The minimum Gasteiger partial charge on any atom is -0.301 e. The highest BCUT2D eigenvalue weighted by atomic mass is 79.9. The molecule has 1 N–H and O–H groups in total. The lowest BCUT2D eigenvalue weighted by molar-refractivity contribution is 0.390. The van der Waals surface area contributed by atoms with Gasteiger partial charge in [0.1, 0.15) is 5.82 Å². The van der Waals surface area contributed by atoms with Crippen molar-refractivity contribution in [3.8, 4) is 0 Å². The Bertz CT molecular complexity index is 519. The molecular weight excluding hydrogens is 292 g/mol. The third kappa shape index (κ3) is 2.97. The topological polar surface area (TPSA) is 42.7 Å². The van der Waals surface area contributed by atoms with Crippen LogP contribution in [0.4, 0.5) is 0 Å². The van der Waals surface area contributed by atoms with Crippen molar-refractivity contribution in [2.24, 2.45) is 7.05 Å². The highest BCUT2D eigenvalue weighted by Crippen LogP contribution is 2.19. The minimum absolute atomic E-state index is 0.0975. The third-order valence-electron chi connectivity index (χ3n) is 3.01. The van der Waals surface area contributed by atoms with Crippen molar-refractivity contribution in [3.05, 3.63) is 46.5 Å². The van der Waals surface area contributed by atoms with Gasteiger partial charge in [-0.25, -0.2) is 4.98 Å². The first-order valence-electron chi connectivity index (χ1n) is 5.85. The molecule has 18 heavy (non-hydrogen) atoms. The van der Waals surface area contributed by atoms with Crippen LogP contribution in [0.25, 0.3) is 0 Å². The average molecular weight is 309 g/mol. The molecule has 1 heterocycles. The van der Waals surface area contributed by atoms with Crippen molar-refractivity contribution in [3.63, 3.8) is 0 Å². The fourth-order valence-corrected chi connectivity index (χ4v) is 2.24. The van der Waals surface area contributed by atoms with Crippen molar-refractivity contribution in [1.29, 1.82) is 0 Å². The van der Waals surface area contributed by atoms with Gasteiger partial charge in [0.25, 0.3) is 0 Å². The summed E-state index contributed by atoms with van der Waals surface area (Å²) in [5.41, 5.74) is 1.16. The molecule has 0 saturated carbocycles. The van der Waals surface area contributed by atoms with Crippen LogP contribution in [0.15, 0.2) is 35.1 Å². The average Bonchev–Trinajstić information content (AvgIpc) is 2.67. The van der Waals surface area contributed by atoms with Crippen molar-refractivity contribution >= 4 is 15.9 Å². The summed E-state index contributed by atoms with van der Waals surface area (Å²) in [5.74, 6) is 0.908. The lowest BCUT2D eigenvalue weighted by Crippen LogP contribution is -2.36. The molecule has 0 bridgehead atoms. The molecule has 0 atom stereocenters. The molecule has 0 aliphatic rings. The zero-order chi connectivity index (χ0) is 13.2. The van der Waals surface area contributed by atoms with E-state index in [9.17, 15) is 0 Å². The van der Waals surface area contributed by atoms with E-state index in [2.05, 4.69) is 69.4 Å². The maximum Gasteiger partial charge on any atom is 0.217 e. The van der Waals surface area contributed by atoms with Crippen LogP contribution in [-0.2, 0) is 19.1 Å². The van der Waals surface area contributed by atoms with E-state index in [4.69, 9.17) is 0 Å². The Balaban J connectivity index is 2.08. The van der Waals surface area contributed by atoms with Gasteiger partial charge in [0.15, 0.2) is 0 Å². The highest BCUT2D eigenvalue weighted by Gasteiger charge is 2.20. The first-order chi connectivity index (χ1) is 8.49. The second-order valence-corrected chi connectivity index (χ2v) is 5.47. The Kier molecular flexibility index (Phi) is 3.82. The Hall–Kier alpha value is -1.20. The molecule has 5 heteroatoms. The number of hydrogen-bond acceptors (Lipinski definition) is 3. The van der Waals surface area contributed by atoms with Crippen LogP contribution in [0.5, 0.6) is 0 Å². The molecule has 2 rings (SSSR count). The van der Waals surface area contributed by atoms with Gasteiger partial charge in [0.05, 0.1) is 6.54 Å². The number of benzene rings is 1. The number of nitrogens with one attached hydrogen (secondary N) is 1. The SMILES string of the molecule is Cn1nc(Br)nc1CNC(C)(C)c1ccccc1. The summed E-state index contributed by atoms with van der Waals surface area (Å²) in [7, 11) is 1.89. The molecule has 0 aliphatic heterocycles. The van der Waals surface area contributed by atoms with Crippen molar-refractivity contribution in [2.75, 3.05) is 0 Å². The molecule has 0 aliphatic carbocycles. The van der Waals surface area contributed by atoms with E-state index in [1.54, 1.807) is 4.68 Å². The maximum atomic E-state index is 4.31. The fraction of sp³-hybridized carbons (Fsp3) is 0.385. The summed E-state index contributed by atoms with van der Waals surface area (Å²) < 4.78 is 2.40. The molecule has 96 valence electrons. The molecule has 0 saturated heterocycles. The van der Waals surface area contributed by atoms with Gasteiger partial charge in [-0.05, 0) is 35.3 Å². The summed E-state index contributed by atoms with van der Waals surface area (Å²) in [5, 5.41) is 7.67. The van der Waals surface area contributed by atoms with Crippen LogP contribution in [0.3, 0.4) is 0 Å². The smallest absolute Gasteiger partial charge is 0.217 e. The van der Waals surface area contributed by atoms with Gasteiger partial charge in [-0.15, -0.1) is 5.10 Å². The van der Waals surface area contributed by atoms with Crippen LogP contribution in [-0.4, -0.2) is 14.8 Å². The largest absolute Gasteiger partial charge is 0.301 e. The van der Waals surface area contributed by atoms with E-state index in [0.29, 0.717) is 11.3 Å². The van der Waals surface area contributed by atoms with Gasteiger partial charge in [-0.3, -0.25) is 4.68 Å². The summed E-state index contributed by atoms with van der Waals surface area (Å²) in [6, 6.07) is 10.4. The number of halogens is 1. The molecular formula is C13H17BrN4. The zero-order valence-corrected chi connectivity index (χ0v) is 12.4. The van der Waals surface area contributed by atoms with E-state index in [1.807, 2.05) is 13.1 Å². The van der Waals surface area contributed by atoms with Gasteiger partial charge < -0.3 is 5.32 Å². The number of hydrogen-bond donors (Lipinski definition) is 1. The van der Waals surface area contributed by atoms with Crippen LogP contribution in [0.1, 0.15) is 25.2 Å². The summed E-state index contributed by atoms with van der Waals surface area (Å²) in [4.78, 5) is 4.31. The first kappa shape index (κ1) is 13.2. The minimum atomic E-state index is -0.0975. The summed E-state index contributed by atoms with van der Waals surface area (Å²) >= 11 is 3.28. The number of nitrogens with zero attached hydrogens (tertiary/aromatic N) is 3. The highest BCUT2D eigenvalue weighted by molar-refractivity contribution is 9.10. The molecule has 1 aromatic heterocycles. The molecule has 2 aromatic rings. The van der Waals surface area contributed by atoms with E-state index in [-0.39, 0.29) is 5.54 Å². The lowest BCUT2D eigenvalue weighted by Gasteiger charge is -2.26. The van der Waals surface area contributed by atoms with Crippen LogP contribution >= 0.6 is 15.9 Å².